The van der Waals surface area contributed by atoms with Crippen LogP contribution in [0.2, 0.25) is 0 Å². The molecule has 0 radical (unpaired) electrons. The number of amides is 1. The Morgan fingerprint density at radius 2 is 1.79 bits per heavy atom. The highest BCUT2D eigenvalue weighted by Gasteiger charge is 2.36. The molecule has 1 rings (SSSR count). The molecule has 1 amide bonds. The fraction of sp³-hybridized carbons (Fsp3) is 0.429. The van der Waals surface area contributed by atoms with Gasteiger partial charge in [0.05, 0.1) is 7.11 Å². The Morgan fingerprint density at radius 1 is 1.21 bits per heavy atom. The Morgan fingerprint density at radius 3 is 2.26 bits per heavy atom. The molecule has 0 unspecified atom stereocenters. The minimum atomic E-state index is -1.47. The van der Waals surface area contributed by atoms with Crippen molar-refractivity contribution in [3.05, 3.63) is 23.3 Å². The number of carboxylic acid groups (broad SMARTS) is 1. The monoisotopic (exact) mass is 265 g/mol. The van der Waals surface area contributed by atoms with Gasteiger partial charge in [-0.2, -0.15) is 0 Å². The van der Waals surface area contributed by atoms with Gasteiger partial charge in [-0.15, -0.1) is 0 Å². The fourth-order valence-corrected chi connectivity index (χ4v) is 1.52. The number of carbonyl (C=O) groups is 2. The molecule has 0 heterocycles. The van der Waals surface area contributed by atoms with Crippen LogP contribution in [-0.4, -0.2) is 24.1 Å². The highest BCUT2D eigenvalue weighted by Crippen LogP contribution is 2.27. The largest absolute Gasteiger partial charge is 0.496 e. The molecule has 104 valence electrons. The number of hydrogen-bond acceptors (Lipinski definition) is 3. The third kappa shape index (κ3) is 3.05. The molecule has 0 saturated heterocycles. The number of ether oxygens (including phenoxy) is 1. The molecule has 1 aromatic rings. The number of benzene rings is 1. The number of aryl methyl sites for hydroxylation is 2. The third-order valence-corrected chi connectivity index (χ3v) is 3.09. The Balaban J connectivity index is 3.04. The van der Waals surface area contributed by atoms with Crippen LogP contribution in [0.1, 0.15) is 25.0 Å². The van der Waals surface area contributed by atoms with Crippen molar-refractivity contribution < 1.29 is 19.4 Å². The van der Waals surface area contributed by atoms with Crippen LogP contribution in [0.25, 0.3) is 0 Å². The van der Waals surface area contributed by atoms with Gasteiger partial charge in [0.15, 0.2) is 0 Å². The van der Waals surface area contributed by atoms with Gasteiger partial charge in [-0.25, -0.2) is 0 Å². The van der Waals surface area contributed by atoms with Crippen LogP contribution in [0, 0.1) is 19.3 Å². The van der Waals surface area contributed by atoms with Crippen LogP contribution in [0.15, 0.2) is 12.1 Å². The molecule has 19 heavy (non-hydrogen) atoms. The Bertz CT molecular complexity index is 520. The van der Waals surface area contributed by atoms with E-state index >= 15 is 0 Å². The van der Waals surface area contributed by atoms with E-state index in [0.717, 1.165) is 16.9 Å². The predicted molar refractivity (Wildman–Crippen MR) is 72.5 cm³/mol. The minimum absolute atomic E-state index is 0.548. The molecule has 0 bridgehead atoms. The quantitative estimate of drug-likeness (QED) is 0.819. The second-order valence-corrected chi connectivity index (χ2v) is 5.02. The van der Waals surface area contributed by atoms with Gasteiger partial charge < -0.3 is 15.2 Å². The summed E-state index contributed by atoms with van der Waals surface area (Å²) in [5.74, 6) is -0.978. The lowest BCUT2D eigenvalue weighted by molar-refractivity contribution is -0.151. The Hall–Kier alpha value is -2.04. The number of anilines is 1. The summed E-state index contributed by atoms with van der Waals surface area (Å²) in [5.41, 5.74) is 0.812. The van der Waals surface area contributed by atoms with Gasteiger partial charge in [0, 0.05) is 5.69 Å². The number of nitrogens with one attached hydrogen (secondary N) is 1. The zero-order valence-corrected chi connectivity index (χ0v) is 11.8. The number of carboxylic acids is 1. The first-order valence-corrected chi connectivity index (χ1v) is 5.90. The van der Waals surface area contributed by atoms with Crippen molar-refractivity contribution in [2.45, 2.75) is 27.7 Å². The van der Waals surface area contributed by atoms with Crippen molar-refractivity contribution in [1.82, 2.24) is 0 Å². The molecule has 0 aromatic heterocycles. The van der Waals surface area contributed by atoms with Crippen LogP contribution in [0.4, 0.5) is 5.69 Å². The highest BCUT2D eigenvalue weighted by atomic mass is 16.5. The summed E-state index contributed by atoms with van der Waals surface area (Å²) in [6.45, 7) is 6.42. The molecule has 0 aliphatic heterocycles. The summed E-state index contributed by atoms with van der Waals surface area (Å²) in [5, 5.41) is 11.7. The van der Waals surface area contributed by atoms with Gasteiger partial charge in [-0.1, -0.05) is 0 Å². The number of hydrogen-bond donors (Lipinski definition) is 2. The third-order valence-electron chi connectivity index (χ3n) is 3.09. The van der Waals surface area contributed by atoms with Gasteiger partial charge in [0.25, 0.3) is 0 Å². The normalized spacial score (nSPS) is 11.0. The van der Waals surface area contributed by atoms with Crippen molar-refractivity contribution in [3.63, 3.8) is 0 Å². The van der Waals surface area contributed by atoms with Crippen LogP contribution >= 0.6 is 0 Å². The highest BCUT2D eigenvalue weighted by molar-refractivity contribution is 6.07. The van der Waals surface area contributed by atoms with E-state index in [2.05, 4.69) is 5.32 Å². The van der Waals surface area contributed by atoms with E-state index in [1.165, 1.54) is 13.8 Å². The van der Waals surface area contributed by atoms with E-state index in [4.69, 9.17) is 9.84 Å². The molecule has 2 N–H and O–H groups in total. The maximum Gasteiger partial charge on any atom is 0.318 e. The first-order valence-electron chi connectivity index (χ1n) is 5.90. The zero-order chi connectivity index (χ0) is 14.8. The van der Waals surface area contributed by atoms with Crippen LogP contribution in [-0.2, 0) is 9.59 Å². The summed E-state index contributed by atoms with van der Waals surface area (Å²) in [7, 11) is 1.58. The van der Waals surface area contributed by atoms with Crippen LogP contribution in [0.3, 0.4) is 0 Å². The molecular formula is C14H19NO4. The first kappa shape index (κ1) is 15.0. The maximum atomic E-state index is 12.0. The fourth-order valence-electron chi connectivity index (χ4n) is 1.52. The molecule has 5 heteroatoms. The number of aliphatic carboxylic acids is 1. The molecule has 0 spiro atoms. The van der Waals surface area contributed by atoms with E-state index in [1.54, 1.807) is 19.2 Å². The maximum absolute atomic E-state index is 12.0. The molecule has 0 aliphatic carbocycles. The van der Waals surface area contributed by atoms with E-state index in [1.807, 2.05) is 13.8 Å². The molecule has 0 aliphatic rings. The smallest absolute Gasteiger partial charge is 0.318 e. The van der Waals surface area contributed by atoms with Gasteiger partial charge in [-0.3, -0.25) is 9.59 Å². The van der Waals surface area contributed by atoms with Crippen molar-refractivity contribution in [3.8, 4) is 5.75 Å². The van der Waals surface area contributed by atoms with E-state index in [9.17, 15) is 9.59 Å². The predicted octanol–water partition coefficient (Wildman–Crippen LogP) is 2.36. The van der Waals surface area contributed by atoms with E-state index in [-0.39, 0.29) is 0 Å². The molecule has 1 aromatic carbocycles. The topological polar surface area (TPSA) is 75.6 Å². The minimum Gasteiger partial charge on any atom is -0.496 e. The average Bonchev–Trinajstić information content (AvgIpc) is 2.32. The van der Waals surface area contributed by atoms with Crippen LogP contribution in [0.5, 0.6) is 5.75 Å². The van der Waals surface area contributed by atoms with Crippen molar-refractivity contribution in [2.24, 2.45) is 5.41 Å². The van der Waals surface area contributed by atoms with Gasteiger partial charge in [0.1, 0.15) is 11.2 Å². The summed E-state index contributed by atoms with van der Waals surface area (Å²) >= 11 is 0. The lowest BCUT2D eigenvalue weighted by Gasteiger charge is -2.20. The lowest BCUT2D eigenvalue weighted by atomic mass is 9.92. The number of rotatable bonds is 4. The second-order valence-electron chi connectivity index (χ2n) is 5.02. The Kier molecular flexibility index (Phi) is 4.19. The van der Waals surface area contributed by atoms with Crippen molar-refractivity contribution in [1.29, 1.82) is 0 Å². The zero-order valence-electron chi connectivity index (χ0n) is 11.8. The molecule has 5 nitrogen and oxygen atoms in total. The SMILES string of the molecule is COc1cc(C)c(NC(=O)C(C)(C)C(=O)O)cc1C. The molecule has 0 saturated carbocycles. The lowest BCUT2D eigenvalue weighted by Crippen LogP contribution is -2.38. The van der Waals surface area contributed by atoms with Crippen molar-refractivity contribution >= 4 is 17.6 Å². The number of carbonyl (C=O) groups excluding carboxylic acids is 1. The summed E-state index contributed by atoms with van der Waals surface area (Å²) in [6, 6.07) is 3.57. The van der Waals surface area contributed by atoms with Crippen LogP contribution < -0.4 is 10.1 Å². The Labute approximate surface area is 112 Å². The molecule has 0 atom stereocenters. The van der Waals surface area contributed by atoms with Gasteiger partial charge in [-0.05, 0) is 51.0 Å². The van der Waals surface area contributed by atoms with Gasteiger partial charge >= 0.3 is 5.97 Å². The average molecular weight is 265 g/mol. The van der Waals surface area contributed by atoms with Crippen molar-refractivity contribution in [2.75, 3.05) is 12.4 Å². The summed E-state index contributed by atoms with van der Waals surface area (Å²) in [6.07, 6.45) is 0. The summed E-state index contributed by atoms with van der Waals surface area (Å²) in [4.78, 5) is 23.0. The first-order chi connectivity index (χ1) is 8.70. The van der Waals surface area contributed by atoms with E-state index < -0.39 is 17.3 Å². The number of methoxy groups -OCH3 is 1. The summed E-state index contributed by atoms with van der Waals surface area (Å²) < 4.78 is 5.18. The molecular weight excluding hydrogens is 246 g/mol. The standard InChI is InChI=1S/C14H19NO4/c1-8-7-11(19-5)9(2)6-10(8)15-12(16)14(3,4)13(17)18/h6-7H,1-5H3,(H,15,16)(H,17,18). The van der Waals surface area contributed by atoms with Gasteiger partial charge in [0.2, 0.25) is 5.91 Å². The molecule has 0 fully saturated rings. The second kappa shape index (κ2) is 5.30. The van der Waals surface area contributed by atoms with E-state index in [0.29, 0.717) is 5.69 Å².